The summed E-state index contributed by atoms with van der Waals surface area (Å²) in [5.74, 6) is -4.37. The number of halogens is 4. The van der Waals surface area contributed by atoms with Crippen LogP contribution in [0.4, 0.5) is 24.5 Å². The highest BCUT2D eigenvalue weighted by atomic mass is 127. The maximum absolute atomic E-state index is 15.2. The fourth-order valence-corrected chi connectivity index (χ4v) is 3.90. The molecule has 1 unspecified atom stereocenters. The third-order valence-electron chi connectivity index (χ3n) is 5.31. The van der Waals surface area contributed by atoms with E-state index in [0.29, 0.717) is 16.4 Å². The molecule has 1 amide bonds. The standard InChI is InChI=1S/C21H22F3IN2O5/c1-31-19(21(10-29)4-5-21)12-9-13(20(30)27-32-7-6-28)18(17(24)16(12)23)26-15-3-2-11(25)8-14(15)22/h2-3,8-9,19,26,28-29H,4-7,10H2,1H3,(H,27,30). The topological polar surface area (TPSA) is 100 Å². The molecule has 0 radical (unpaired) electrons. The lowest BCUT2D eigenvalue weighted by Crippen LogP contribution is -2.28. The first-order valence-electron chi connectivity index (χ1n) is 9.68. The number of ether oxygens (including phenoxy) is 1. The molecule has 3 rings (SSSR count). The molecule has 0 heterocycles. The van der Waals surface area contributed by atoms with Crippen LogP contribution in [-0.2, 0) is 9.57 Å². The number of aliphatic hydroxyl groups excluding tert-OH is 2. The third kappa shape index (κ3) is 5.01. The lowest BCUT2D eigenvalue weighted by molar-refractivity contribution is 0.00770. The lowest BCUT2D eigenvalue weighted by Gasteiger charge is -2.26. The van der Waals surface area contributed by atoms with Gasteiger partial charge in [-0.05, 0) is 59.7 Å². The van der Waals surface area contributed by atoms with E-state index in [4.69, 9.17) is 14.7 Å². The molecule has 174 valence electrons. The summed E-state index contributed by atoms with van der Waals surface area (Å²) >= 11 is 1.90. The fourth-order valence-electron chi connectivity index (χ4n) is 3.45. The van der Waals surface area contributed by atoms with E-state index in [9.17, 15) is 14.3 Å². The Labute approximate surface area is 196 Å². The number of carbonyl (C=O) groups excluding carboxylic acids is 1. The van der Waals surface area contributed by atoms with Crippen LogP contribution in [0.1, 0.15) is 34.9 Å². The zero-order chi connectivity index (χ0) is 23.5. The average molecular weight is 566 g/mol. The number of amides is 1. The quantitative estimate of drug-likeness (QED) is 0.200. The van der Waals surface area contributed by atoms with Gasteiger partial charge in [0.15, 0.2) is 11.6 Å². The van der Waals surface area contributed by atoms with Gasteiger partial charge < -0.3 is 20.3 Å². The SMILES string of the molecule is COC(c1cc(C(=O)NOCCO)c(Nc2ccc(I)cc2F)c(F)c1F)C1(CO)CC1. The third-order valence-corrected chi connectivity index (χ3v) is 5.98. The molecule has 0 aromatic heterocycles. The average Bonchev–Trinajstić information content (AvgIpc) is 3.56. The summed E-state index contributed by atoms with van der Waals surface area (Å²) in [6.45, 7) is -0.917. The van der Waals surface area contributed by atoms with Gasteiger partial charge in [0.1, 0.15) is 5.82 Å². The molecule has 0 saturated heterocycles. The first-order chi connectivity index (χ1) is 15.3. The number of rotatable bonds is 10. The smallest absolute Gasteiger partial charge is 0.277 e. The van der Waals surface area contributed by atoms with Crippen molar-refractivity contribution < 1.29 is 37.8 Å². The highest BCUT2D eigenvalue weighted by molar-refractivity contribution is 14.1. The molecule has 32 heavy (non-hydrogen) atoms. The number of carbonyl (C=O) groups is 1. The van der Waals surface area contributed by atoms with E-state index in [0.717, 1.165) is 6.07 Å². The van der Waals surface area contributed by atoms with Crippen molar-refractivity contribution in [1.29, 1.82) is 0 Å². The molecule has 1 saturated carbocycles. The maximum atomic E-state index is 15.2. The van der Waals surface area contributed by atoms with Gasteiger partial charge in [-0.15, -0.1) is 0 Å². The second kappa shape index (κ2) is 10.3. The summed E-state index contributed by atoms with van der Waals surface area (Å²) in [4.78, 5) is 17.5. The molecular weight excluding hydrogens is 544 g/mol. The first kappa shape index (κ1) is 24.7. The molecule has 0 aliphatic heterocycles. The van der Waals surface area contributed by atoms with E-state index in [1.54, 1.807) is 6.07 Å². The zero-order valence-electron chi connectivity index (χ0n) is 17.1. The highest BCUT2D eigenvalue weighted by Gasteiger charge is 2.51. The van der Waals surface area contributed by atoms with Gasteiger partial charge in [0.05, 0.1) is 42.9 Å². The van der Waals surface area contributed by atoms with Gasteiger partial charge in [0.2, 0.25) is 0 Å². The second-order valence-electron chi connectivity index (χ2n) is 7.40. The Balaban J connectivity index is 2.10. The van der Waals surface area contributed by atoms with E-state index in [1.165, 1.54) is 19.2 Å². The number of hydroxylamine groups is 1. The summed E-state index contributed by atoms with van der Waals surface area (Å²) in [5.41, 5.74) is -0.128. The molecular formula is C21H22F3IN2O5. The van der Waals surface area contributed by atoms with Gasteiger partial charge in [-0.3, -0.25) is 9.63 Å². The van der Waals surface area contributed by atoms with Crippen LogP contribution in [0, 0.1) is 26.4 Å². The molecule has 4 N–H and O–H groups in total. The molecule has 1 fully saturated rings. The van der Waals surface area contributed by atoms with Crippen LogP contribution in [0.2, 0.25) is 0 Å². The zero-order valence-corrected chi connectivity index (χ0v) is 19.2. The van der Waals surface area contributed by atoms with Crippen molar-refractivity contribution in [2.24, 2.45) is 5.41 Å². The Morgan fingerprint density at radius 3 is 2.50 bits per heavy atom. The lowest BCUT2D eigenvalue weighted by atomic mass is 9.91. The van der Waals surface area contributed by atoms with Crippen LogP contribution in [0.15, 0.2) is 24.3 Å². The minimum Gasteiger partial charge on any atom is -0.396 e. The molecule has 1 aliphatic carbocycles. The molecule has 2 aromatic rings. The molecule has 1 atom stereocenters. The summed E-state index contributed by atoms with van der Waals surface area (Å²) < 4.78 is 50.7. The summed E-state index contributed by atoms with van der Waals surface area (Å²) in [5, 5.41) is 21.0. The fraction of sp³-hybridized carbons (Fsp3) is 0.381. The van der Waals surface area contributed by atoms with E-state index in [2.05, 4.69) is 5.32 Å². The first-order valence-corrected chi connectivity index (χ1v) is 10.8. The van der Waals surface area contributed by atoms with Crippen LogP contribution in [0.3, 0.4) is 0 Å². The number of aliphatic hydroxyl groups is 2. The van der Waals surface area contributed by atoms with Crippen molar-refractivity contribution in [2.75, 3.05) is 32.2 Å². The van der Waals surface area contributed by atoms with Crippen LogP contribution in [0.5, 0.6) is 0 Å². The molecule has 2 aromatic carbocycles. The van der Waals surface area contributed by atoms with Crippen molar-refractivity contribution in [3.63, 3.8) is 0 Å². The monoisotopic (exact) mass is 566 g/mol. The number of anilines is 2. The molecule has 7 nitrogen and oxygen atoms in total. The van der Waals surface area contributed by atoms with Gasteiger partial charge in [0, 0.05) is 21.7 Å². The second-order valence-corrected chi connectivity index (χ2v) is 8.65. The normalized spacial score (nSPS) is 15.3. The van der Waals surface area contributed by atoms with Gasteiger partial charge in [0.25, 0.3) is 5.91 Å². The van der Waals surface area contributed by atoms with E-state index in [-0.39, 0.29) is 36.6 Å². The molecule has 11 heteroatoms. The highest BCUT2D eigenvalue weighted by Crippen LogP contribution is 2.56. The van der Waals surface area contributed by atoms with Crippen LogP contribution in [-0.4, -0.2) is 43.1 Å². The van der Waals surface area contributed by atoms with Crippen LogP contribution in [0.25, 0.3) is 0 Å². The minimum atomic E-state index is -1.41. The molecule has 0 bridgehead atoms. The predicted molar refractivity (Wildman–Crippen MR) is 118 cm³/mol. The number of hydrogen-bond donors (Lipinski definition) is 4. The van der Waals surface area contributed by atoms with Crippen LogP contribution < -0.4 is 10.8 Å². The van der Waals surface area contributed by atoms with Gasteiger partial charge in [-0.25, -0.2) is 18.7 Å². The Kier molecular flexibility index (Phi) is 7.98. The van der Waals surface area contributed by atoms with E-state index >= 15 is 8.78 Å². The minimum absolute atomic E-state index is 0.167. The number of nitrogens with one attached hydrogen (secondary N) is 2. The van der Waals surface area contributed by atoms with Crippen molar-refractivity contribution in [3.8, 4) is 0 Å². The van der Waals surface area contributed by atoms with Crippen molar-refractivity contribution in [3.05, 3.63) is 56.4 Å². The van der Waals surface area contributed by atoms with Gasteiger partial charge in [-0.1, -0.05) is 0 Å². The Morgan fingerprint density at radius 1 is 1.22 bits per heavy atom. The Bertz CT molecular complexity index is 1000. The summed E-state index contributed by atoms with van der Waals surface area (Å²) in [7, 11) is 1.30. The predicted octanol–water partition coefficient (Wildman–Crippen LogP) is 3.57. The van der Waals surface area contributed by atoms with Gasteiger partial charge >= 0.3 is 0 Å². The summed E-state index contributed by atoms with van der Waals surface area (Å²) in [6.07, 6.45) is 0.0758. The number of benzene rings is 2. The summed E-state index contributed by atoms with van der Waals surface area (Å²) in [6, 6.07) is 5.16. The molecule has 0 spiro atoms. The Hall–Kier alpha value is -1.93. The van der Waals surface area contributed by atoms with E-state index < -0.39 is 40.6 Å². The number of hydrogen-bond acceptors (Lipinski definition) is 6. The molecule has 1 aliphatic rings. The van der Waals surface area contributed by atoms with Crippen LogP contribution >= 0.6 is 22.6 Å². The van der Waals surface area contributed by atoms with Gasteiger partial charge in [-0.2, -0.15) is 0 Å². The largest absolute Gasteiger partial charge is 0.396 e. The van der Waals surface area contributed by atoms with E-state index in [1.807, 2.05) is 28.1 Å². The van der Waals surface area contributed by atoms with Crippen molar-refractivity contribution in [1.82, 2.24) is 5.48 Å². The maximum Gasteiger partial charge on any atom is 0.277 e. The number of methoxy groups -OCH3 is 1. The van der Waals surface area contributed by atoms with Crippen molar-refractivity contribution in [2.45, 2.75) is 18.9 Å². The van der Waals surface area contributed by atoms with Crippen molar-refractivity contribution >= 4 is 39.9 Å². The Morgan fingerprint density at radius 2 is 1.94 bits per heavy atom.